The molecule has 0 spiro atoms. The molecule has 10 heteroatoms. The molecular weight excluding hydrogens is 391 g/mol. The minimum atomic E-state index is -3.99. The number of hydrogen-bond donors (Lipinski definition) is 2. The smallest absolute Gasteiger partial charge is 0.423 e. The highest BCUT2D eigenvalue weighted by molar-refractivity contribution is 7.90. The van der Waals surface area contributed by atoms with E-state index in [0.717, 1.165) is 9.54 Å². The maximum Gasteiger partial charge on any atom is 0.490 e. The zero-order chi connectivity index (χ0) is 20.8. The van der Waals surface area contributed by atoms with Crippen LogP contribution in [0.3, 0.4) is 0 Å². The van der Waals surface area contributed by atoms with Crippen LogP contribution in [0.25, 0.3) is 22.3 Å². The van der Waals surface area contributed by atoms with E-state index in [0.29, 0.717) is 22.5 Å². The zero-order valence-corrected chi connectivity index (χ0v) is 16.5. The molecule has 0 bridgehead atoms. The molecule has 4 aromatic rings. The maximum atomic E-state index is 13.5. The van der Waals surface area contributed by atoms with E-state index in [-0.39, 0.29) is 16.0 Å². The van der Waals surface area contributed by atoms with Crippen LogP contribution in [-0.4, -0.2) is 44.5 Å². The molecule has 1 aromatic carbocycles. The third-order valence-electron chi connectivity index (χ3n) is 4.55. The van der Waals surface area contributed by atoms with Gasteiger partial charge in [-0.15, -0.1) is 0 Å². The summed E-state index contributed by atoms with van der Waals surface area (Å²) in [7, 11) is -5.70. The SMILES string of the molecule is Cc1ccc(S(=O)(=O)n2c(-c3cnc(C)nc3)cc3cc(B(O)O)cnc32)cc1. The summed E-state index contributed by atoms with van der Waals surface area (Å²) in [6, 6.07) is 9.64. The quantitative estimate of drug-likeness (QED) is 0.484. The Balaban J connectivity index is 2.03. The molecule has 0 radical (unpaired) electrons. The fourth-order valence-electron chi connectivity index (χ4n) is 3.01. The lowest BCUT2D eigenvalue weighted by atomic mass is 9.81. The van der Waals surface area contributed by atoms with Crippen LogP contribution >= 0.6 is 0 Å². The van der Waals surface area contributed by atoms with Crippen LogP contribution in [0.4, 0.5) is 0 Å². The Morgan fingerprint density at radius 2 is 1.59 bits per heavy atom. The van der Waals surface area contributed by atoms with Crippen LogP contribution in [-0.2, 0) is 10.0 Å². The van der Waals surface area contributed by atoms with Gasteiger partial charge >= 0.3 is 7.12 Å². The van der Waals surface area contributed by atoms with Crippen molar-refractivity contribution >= 4 is 33.6 Å². The van der Waals surface area contributed by atoms with Gasteiger partial charge in [0.15, 0.2) is 5.65 Å². The second-order valence-corrected chi connectivity index (χ2v) is 8.47. The molecule has 0 fully saturated rings. The van der Waals surface area contributed by atoms with Crippen LogP contribution < -0.4 is 5.46 Å². The van der Waals surface area contributed by atoms with Crippen LogP contribution in [0.1, 0.15) is 11.4 Å². The first-order valence-corrected chi connectivity index (χ1v) is 10.2. The van der Waals surface area contributed by atoms with Crippen LogP contribution in [0.15, 0.2) is 59.9 Å². The van der Waals surface area contributed by atoms with Gasteiger partial charge in [0, 0.05) is 35.0 Å². The Labute approximate surface area is 167 Å². The van der Waals surface area contributed by atoms with Gasteiger partial charge in [-0.05, 0) is 38.1 Å². The van der Waals surface area contributed by atoms with Crippen molar-refractivity contribution in [1.29, 1.82) is 0 Å². The van der Waals surface area contributed by atoms with Crippen molar-refractivity contribution < 1.29 is 18.5 Å². The first-order valence-electron chi connectivity index (χ1n) is 8.76. The first kappa shape index (κ1) is 19.3. The van der Waals surface area contributed by atoms with Gasteiger partial charge in [0.2, 0.25) is 0 Å². The van der Waals surface area contributed by atoms with Crippen LogP contribution in [0.2, 0.25) is 0 Å². The molecule has 4 rings (SSSR count). The summed E-state index contributed by atoms with van der Waals surface area (Å²) in [6.07, 6.45) is 4.32. The summed E-state index contributed by atoms with van der Waals surface area (Å²) >= 11 is 0. The molecule has 29 heavy (non-hydrogen) atoms. The average Bonchev–Trinajstić information content (AvgIpc) is 3.08. The molecule has 146 valence electrons. The topological polar surface area (TPSA) is 118 Å². The molecule has 8 nitrogen and oxygen atoms in total. The normalized spacial score (nSPS) is 11.7. The Kier molecular flexibility index (Phi) is 4.69. The van der Waals surface area contributed by atoms with E-state index in [1.54, 1.807) is 37.5 Å². The highest BCUT2D eigenvalue weighted by atomic mass is 32.2. The van der Waals surface area contributed by atoms with Crippen molar-refractivity contribution in [3.63, 3.8) is 0 Å². The highest BCUT2D eigenvalue weighted by Gasteiger charge is 2.26. The Hall–Kier alpha value is -3.08. The van der Waals surface area contributed by atoms with E-state index in [1.165, 1.54) is 24.4 Å². The van der Waals surface area contributed by atoms with Crippen molar-refractivity contribution in [3.05, 3.63) is 66.4 Å². The number of pyridine rings is 1. The number of rotatable bonds is 4. The lowest BCUT2D eigenvalue weighted by Crippen LogP contribution is -2.30. The third kappa shape index (κ3) is 3.42. The summed E-state index contributed by atoms with van der Waals surface area (Å²) < 4.78 is 28.1. The van der Waals surface area contributed by atoms with E-state index in [4.69, 9.17) is 0 Å². The second-order valence-electron chi connectivity index (χ2n) is 6.69. The summed E-state index contributed by atoms with van der Waals surface area (Å²) in [5.74, 6) is 0.557. The van der Waals surface area contributed by atoms with Crippen LogP contribution in [0, 0.1) is 13.8 Å². The number of benzene rings is 1. The number of nitrogens with zero attached hydrogens (tertiary/aromatic N) is 4. The molecule has 2 N–H and O–H groups in total. The lowest BCUT2D eigenvalue weighted by molar-refractivity contribution is 0.425. The molecule has 3 heterocycles. The van der Waals surface area contributed by atoms with Gasteiger partial charge < -0.3 is 10.0 Å². The Morgan fingerprint density at radius 1 is 0.931 bits per heavy atom. The molecular formula is C19H17BN4O4S. The van der Waals surface area contributed by atoms with Gasteiger partial charge in [-0.3, -0.25) is 0 Å². The van der Waals surface area contributed by atoms with E-state index in [1.807, 2.05) is 6.92 Å². The largest absolute Gasteiger partial charge is 0.490 e. The van der Waals surface area contributed by atoms with Crippen molar-refractivity contribution in [1.82, 2.24) is 18.9 Å². The van der Waals surface area contributed by atoms with E-state index in [2.05, 4.69) is 15.0 Å². The highest BCUT2D eigenvalue weighted by Crippen LogP contribution is 2.30. The molecule has 0 aliphatic rings. The van der Waals surface area contributed by atoms with Crippen LogP contribution in [0.5, 0.6) is 0 Å². The second kappa shape index (κ2) is 7.07. The summed E-state index contributed by atoms with van der Waals surface area (Å²) in [4.78, 5) is 12.6. The van der Waals surface area contributed by atoms with E-state index in [9.17, 15) is 18.5 Å². The minimum Gasteiger partial charge on any atom is -0.423 e. The molecule has 0 atom stereocenters. The molecule has 0 saturated carbocycles. The van der Waals surface area contributed by atoms with Crippen molar-refractivity contribution in [3.8, 4) is 11.3 Å². The summed E-state index contributed by atoms with van der Waals surface area (Å²) in [6.45, 7) is 3.61. The molecule has 0 amide bonds. The molecule has 0 unspecified atom stereocenters. The summed E-state index contributed by atoms with van der Waals surface area (Å²) in [5, 5.41) is 19.3. The number of aryl methyl sites for hydroxylation is 2. The van der Waals surface area contributed by atoms with Crippen molar-refractivity contribution in [2.24, 2.45) is 0 Å². The first-order chi connectivity index (χ1) is 13.8. The monoisotopic (exact) mass is 408 g/mol. The average molecular weight is 408 g/mol. The van der Waals surface area contributed by atoms with Gasteiger partial charge in [-0.25, -0.2) is 27.3 Å². The Bertz CT molecular complexity index is 1300. The minimum absolute atomic E-state index is 0.114. The number of aromatic nitrogens is 4. The van der Waals surface area contributed by atoms with Gasteiger partial charge in [0.05, 0.1) is 10.6 Å². The van der Waals surface area contributed by atoms with E-state index < -0.39 is 17.1 Å². The molecule has 0 aliphatic heterocycles. The van der Waals surface area contributed by atoms with Gasteiger partial charge in [-0.1, -0.05) is 17.7 Å². The lowest BCUT2D eigenvalue weighted by Gasteiger charge is -2.12. The predicted molar refractivity (Wildman–Crippen MR) is 109 cm³/mol. The number of hydrogen-bond acceptors (Lipinski definition) is 7. The molecule has 0 saturated heterocycles. The summed E-state index contributed by atoms with van der Waals surface area (Å²) in [5.41, 5.74) is 2.10. The van der Waals surface area contributed by atoms with Gasteiger partial charge in [0.25, 0.3) is 10.0 Å². The zero-order valence-electron chi connectivity index (χ0n) is 15.7. The maximum absolute atomic E-state index is 13.5. The standard InChI is InChI=1S/C19H17BN4O4S/c1-12-3-5-17(6-4-12)29(27,28)24-18(15-9-21-13(2)22-10-15)8-14-7-16(20(25)26)11-23-19(14)24/h3-11,25-26H,1-2H3. The fraction of sp³-hybridized carbons (Fsp3) is 0.105. The Morgan fingerprint density at radius 3 is 2.21 bits per heavy atom. The van der Waals surface area contributed by atoms with Gasteiger partial charge in [-0.2, -0.15) is 0 Å². The number of fused-ring (bicyclic) bond motifs is 1. The third-order valence-corrected chi connectivity index (χ3v) is 6.27. The van der Waals surface area contributed by atoms with Crippen molar-refractivity contribution in [2.45, 2.75) is 18.7 Å². The molecule has 0 aliphatic carbocycles. The van der Waals surface area contributed by atoms with Gasteiger partial charge in [0.1, 0.15) is 5.82 Å². The van der Waals surface area contributed by atoms with Crippen molar-refractivity contribution in [2.75, 3.05) is 0 Å². The van der Waals surface area contributed by atoms with E-state index >= 15 is 0 Å². The predicted octanol–water partition coefficient (Wildman–Crippen LogP) is 1.03. The molecule has 3 aromatic heterocycles. The fourth-order valence-corrected chi connectivity index (χ4v) is 4.50.